The van der Waals surface area contributed by atoms with Crippen LogP contribution in [-0.4, -0.2) is 6.71 Å². The average Bonchev–Trinajstić information content (AvgIpc) is 3.14. The standard InChI is InChI=1S/C45H33BN2/c1-30-23-26-33(27-24-30)48-42-28-25-31(2)29-39(42)46-38-19-9-6-15-34(38)45(37-18-12-22-43(48)44(37)46)35-16-7-10-20-40(35)47(32-13-4-3-5-14-32)41-21-11-8-17-36(41)45/h3-29H,1-2H3. The molecule has 226 valence electrons. The van der Waals surface area contributed by atoms with Crippen LogP contribution in [0.25, 0.3) is 0 Å². The fourth-order valence-corrected chi connectivity index (χ4v) is 8.98. The number of benzene rings is 7. The largest absolute Gasteiger partial charge is 0.312 e. The summed E-state index contributed by atoms with van der Waals surface area (Å²) in [5.74, 6) is 0. The molecule has 3 heterocycles. The highest BCUT2D eigenvalue weighted by Gasteiger charge is 2.54. The molecule has 3 heteroatoms. The van der Waals surface area contributed by atoms with E-state index in [4.69, 9.17) is 0 Å². The molecule has 3 aliphatic heterocycles. The van der Waals surface area contributed by atoms with E-state index in [1.54, 1.807) is 0 Å². The molecule has 0 amide bonds. The Hall–Kier alpha value is -5.80. The maximum Gasteiger partial charge on any atom is 0.247 e. The van der Waals surface area contributed by atoms with Gasteiger partial charge in [0.05, 0.1) is 16.8 Å². The third-order valence-corrected chi connectivity index (χ3v) is 10.8. The van der Waals surface area contributed by atoms with Gasteiger partial charge >= 0.3 is 0 Å². The fraction of sp³-hybridized carbons (Fsp3) is 0.0667. The van der Waals surface area contributed by atoms with E-state index in [1.807, 2.05) is 0 Å². The summed E-state index contributed by atoms with van der Waals surface area (Å²) in [6.45, 7) is 4.50. The zero-order chi connectivity index (χ0) is 32.0. The molecule has 7 aromatic rings. The van der Waals surface area contributed by atoms with Crippen LogP contribution in [0.4, 0.5) is 34.1 Å². The molecule has 0 N–H and O–H groups in total. The number of rotatable bonds is 2. The molecular weight excluding hydrogens is 579 g/mol. The van der Waals surface area contributed by atoms with E-state index in [-0.39, 0.29) is 6.71 Å². The van der Waals surface area contributed by atoms with Crippen LogP contribution >= 0.6 is 0 Å². The Balaban J connectivity index is 1.36. The first kappa shape index (κ1) is 27.3. The van der Waals surface area contributed by atoms with Crippen LogP contribution in [0.15, 0.2) is 164 Å². The van der Waals surface area contributed by atoms with Crippen LogP contribution in [0.5, 0.6) is 0 Å². The molecule has 0 radical (unpaired) electrons. The van der Waals surface area contributed by atoms with Crippen molar-refractivity contribution in [3.63, 3.8) is 0 Å². The number of anilines is 6. The van der Waals surface area contributed by atoms with Crippen molar-refractivity contribution in [2.45, 2.75) is 19.3 Å². The number of fused-ring (bicyclic) bond motifs is 10. The Kier molecular flexibility index (Phi) is 5.75. The quantitative estimate of drug-likeness (QED) is 0.180. The molecule has 0 aliphatic carbocycles. The first-order valence-corrected chi connectivity index (χ1v) is 16.9. The highest BCUT2D eigenvalue weighted by atomic mass is 15.2. The van der Waals surface area contributed by atoms with E-state index in [2.05, 4.69) is 187 Å². The van der Waals surface area contributed by atoms with Crippen molar-refractivity contribution < 1.29 is 0 Å². The highest BCUT2D eigenvalue weighted by Crippen LogP contribution is 2.58. The summed E-state index contributed by atoms with van der Waals surface area (Å²) >= 11 is 0. The molecule has 0 aromatic heterocycles. The van der Waals surface area contributed by atoms with E-state index in [0.29, 0.717) is 0 Å². The first-order valence-electron chi connectivity index (χ1n) is 16.9. The molecule has 3 aliphatic rings. The van der Waals surface area contributed by atoms with Gasteiger partial charge in [0.25, 0.3) is 0 Å². The highest BCUT2D eigenvalue weighted by molar-refractivity contribution is 6.99. The SMILES string of the molecule is Cc1ccc(N2c3ccc(C)cc3B3c4ccccc4C4(c5ccccc5N(c5ccccc5)c5ccccc54)c4cccc2c43)cc1. The van der Waals surface area contributed by atoms with E-state index in [9.17, 15) is 0 Å². The summed E-state index contributed by atoms with van der Waals surface area (Å²) in [6, 6.07) is 61.3. The third kappa shape index (κ3) is 3.54. The molecule has 2 nitrogen and oxygen atoms in total. The lowest BCUT2D eigenvalue weighted by Crippen LogP contribution is -2.65. The Morgan fingerprint density at radius 1 is 0.396 bits per heavy atom. The van der Waals surface area contributed by atoms with Gasteiger partial charge in [-0.15, -0.1) is 0 Å². The zero-order valence-electron chi connectivity index (χ0n) is 27.1. The second-order valence-electron chi connectivity index (χ2n) is 13.4. The Labute approximate surface area is 282 Å². The van der Waals surface area contributed by atoms with Crippen molar-refractivity contribution in [1.82, 2.24) is 0 Å². The van der Waals surface area contributed by atoms with Gasteiger partial charge in [0.1, 0.15) is 0 Å². The van der Waals surface area contributed by atoms with Crippen LogP contribution in [-0.2, 0) is 5.41 Å². The predicted molar refractivity (Wildman–Crippen MR) is 202 cm³/mol. The fourth-order valence-electron chi connectivity index (χ4n) is 8.98. The maximum absolute atomic E-state index is 2.50. The van der Waals surface area contributed by atoms with Crippen molar-refractivity contribution in [1.29, 1.82) is 0 Å². The topological polar surface area (TPSA) is 6.48 Å². The number of hydrogen-bond donors (Lipinski definition) is 0. The second-order valence-corrected chi connectivity index (χ2v) is 13.4. The monoisotopic (exact) mass is 612 g/mol. The summed E-state index contributed by atoms with van der Waals surface area (Å²) in [6.07, 6.45) is 0. The van der Waals surface area contributed by atoms with Gasteiger partial charge in [0, 0.05) is 22.7 Å². The van der Waals surface area contributed by atoms with Gasteiger partial charge in [-0.25, -0.2) is 0 Å². The summed E-state index contributed by atoms with van der Waals surface area (Å²) in [7, 11) is 0. The van der Waals surface area contributed by atoms with Gasteiger partial charge in [0.2, 0.25) is 6.71 Å². The summed E-state index contributed by atoms with van der Waals surface area (Å²) in [4.78, 5) is 4.96. The summed E-state index contributed by atoms with van der Waals surface area (Å²) in [5, 5.41) is 0. The number of aryl methyl sites for hydroxylation is 2. The second kappa shape index (κ2) is 10.1. The van der Waals surface area contributed by atoms with Crippen molar-refractivity contribution >= 4 is 57.2 Å². The number of para-hydroxylation sites is 3. The molecule has 48 heavy (non-hydrogen) atoms. The van der Waals surface area contributed by atoms with Gasteiger partial charge in [-0.3, -0.25) is 0 Å². The Morgan fingerprint density at radius 3 is 1.67 bits per heavy atom. The summed E-state index contributed by atoms with van der Waals surface area (Å²) < 4.78 is 0. The van der Waals surface area contributed by atoms with Gasteiger partial charge in [0.15, 0.2) is 0 Å². The smallest absolute Gasteiger partial charge is 0.247 e. The molecule has 0 saturated heterocycles. The van der Waals surface area contributed by atoms with Crippen molar-refractivity contribution in [2.24, 2.45) is 0 Å². The lowest BCUT2D eigenvalue weighted by Gasteiger charge is -2.52. The van der Waals surface area contributed by atoms with E-state index in [0.717, 1.165) is 0 Å². The number of hydrogen-bond acceptors (Lipinski definition) is 2. The number of nitrogens with zero attached hydrogens (tertiary/aromatic N) is 2. The van der Waals surface area contributed by atoms with E-state index in [1.165, 1.54) is 83.9 Å². The third-order valence-electron chi connectivity index (χ3n) is 10.8. The Morgan fingerprint density at radius 2 is 0.938 bits per heavy atom. The van der Waals surface area contributed by atoms with Crippen molar-refractivity contribution in [3.05, 3.63) is 197 Å². The van der Waals surface area contributed by atoms with Crippen LogP contribution in [0, 0.1) is 13.8 Å². The summed E-state index contributed by atoms with van der Waals surface area (Å²) in [5.41, 5.74) is 18.8. The first-order chi connectivity index (χ1) is 23.7. The lowest BCUT2D eigenvalue weighted by atomic mass is 9.29. The molecule has 7 aromatic carbocycles. The van der Waals surface area contributed by atoms with Gasteiger partial charge < -0.3 is 9.80 Å². The van der Waals surface area contributed by atoms with Crippen LogP contribution in [0.1, 0.15) is 33.4 Å². The van der Waals surface area contributed by atoms with Crippen molar-refractivity contribution in [2.75, 3.05) is 9.80 Å². The van der Waals surface area contributed by atoms with Crippen LogP contribution in [0.2, 0.25) is 0 Å². The molecule has 0 fully saturated rings. The van der Waals surface area contributed by atoms with Crippen LogP contribution in [0.3, 0.4) is 0 Å². The van der Waals surface area contributed by atoms with E-state index >= 15 is 0 Å². The van der Waals surface area contributed by atoms with Gasteiger partial charge in [-0.2, -0.15) is 0 Å². The van der Waals surface area contributed by atoms with E-state index < -0.39 is 5.41 Å². The van der Waals surface area contributed by atoms with Gasteiger partial charge in [-0.05, 0) is 95.6 Å². The Bertz CT molecular complexity index is 2350. The average molecular weight is 613 g/mol. The zero-order valence-corrected chi connectivity index (χ0v) is 27.1. The lowest BCUT2D eigenvalue weighted by molar-refractivity contribution is 0.736. The predicted octanol–water partition coefficient (Wildman–Crippen LogP) is 9.08. The molecule has 0 atom stereocenters. The van der Waals surface area contributed by atoms with Crippen LogP contribution < -0.4 is 26.2 Å². The molecular formula is C45H33BN2. The van der Waals surface area contributed by atoms with Crippen molar-refractivity contribution in [3.8, 4) is 0 Å². The molecule has 0 bridgehead atoms. The molecule has 10 rings (SSSR count). The van der Waals surface area contributed by atoms with Gasteiger partial charge in [-0.1, -0.05) is 132 Å². The minimum absolute atomic E-state index is 0.112. The normalized spacial score (nSPS) is 14.5. The maximum atomic E-state index is 2.50. The minimum atomic E-state index is -0.517. The minimum Gasteiger partial charge on any atom is -0.312 e. The molecule has 1 spiro atoms. The molecule has 0 saturated carbocycles. The molecule has 0 unspecified atom stereocenters.